The van der Waals surface area contributed by atoms with E-state index in [0.717, 1.165) is 61.0 Å². The van der Waals surface area contributed by atoms with Crippen LogP contribution in [0.25, 0.3) is 10.9 Å². The lowest BCUT2D eigenvalue weighted by Gasteiger charge is -2.37. The molecule has 0 radical (unpaired) electrons. The molecule has 3 aromatic rings. The van der Waals surface area contributed by atoms with Gasteiger partial charge >= 0.3 is 0 Å². The highest BCUT2D eigenvalue weighted by atomic mass is 32.2. The third-order valence-corrected chi connectivity index (χ3v) is 6.86. The molecule has 1 atom stereocenters. The van der Waals surface area contributed by atoms with Gasteiger partial charge in [-0.25, -0.2) is 4.21 Å². The van der Waals surface area contributed by atoms with Gasteiger partial charge in [-0.3, -0.25) is 8.96 Å². The molecule has 2 aliphatic heterocycles. The van der Waals surface area contributed by atoms with Crippen LogP contribution in [0.2, 0.25) is 0 Å². The quantitative estimate of drug-likeness (QED) is 0.647. The van der Waals surface area contributed by atoms with Gasteiger partial charge in [0.1, 0.15) is 0 Å². The van der Waals surface area contributed by atoms with E-state index in [2.05, 4.69) is 32.2 Å². The topological polar surface area (TPSA) is 78.9 Å². The molecule has 1 unspecified atom stereocenters. The van der Waals surface area contributed by atoms with Crippen LogP contribution in [0, 0.1) is 0 Å². The molecule has 8 heteroatoms. The van der Waals surface area contributed by atoms with Crippen LogP contribution in [0.4, 0.5) is 11.4 Å². The predicted octanol–water partition coefficient (Wildman–Crippen LogP) is 1.88. The van der Waals surface area contributed by atoms with E-state index in [4.69, 9.17) is 5.73 Å². The number of nitrogens with two attached hydrogens (primary N) is 1. The first-order valence-corrected chi connectivity index (χ1v) is 11.0. The lowest BCUT2D eigenvalue weighted by molar-refractivity contribution is 0.378. The maximum Gasteiger partial charge on any atom is 0.194 e. The Morgan fingerprint density at radius 1 is 0.966 bits per heavy atom. The zero-order valence-corrected chi connectivity index (χ0v) is 16.9. The summed E-state index contributed by atoms with van der Waals surface area (Å²) in [7, 11) is -1.31. The Kier molecular flexibility index (Phi) is 4.63. The number of hydrogen-bond donors (Lipinski definition) is 2. The smallest absolute Gasteiger partial charge is 0.194 e. The minimum atomic E-state index is -1.31. The summed E-state index contributed by atoms with van der Waals surface area (Å²) in [5.41, 5.74) is 8.60. The third-order valence-electron chi connectivity index (χ3n) is 5.51. The average molecular weight is 409 g/mol. The van der Waals surface area contributed by atoms with E-state index < -0.39 is 11.0 Å². The summed E-state index contributed by atoms with van der Waals surface area (Å²) in [4.78, 5) is 10.0. The molecule has 1 aromatic heterocycles. The van der Waals surface area contributed by atoms with Gasteiger partial charge in [-0.2, -0.15) is 0 Å². The van der Waals surface area contributed by atoms with Gasteiger partial charge in [0.15, 0.2) is 16.9 Å². The van der Waals surface area contributed by atoms with E-state index in [1.165, 1.54) is 5.69 Å². The summed E-state index contributed by atoms with van der Waals surface area (Å²) in [5, 5.41) is 4.48. The number of hydrogen-bond acceptors (Lipinski definition) is 6. The molecule has 2 aliphatic rings. The van der Waals surface area contributed by atoms with Crippen molar-refractivity contribution in [2.45, 2.75) is 4.90 Å². The summed E-state index contributed by atoms with van der Waals surface area (Å²) < 4.78 is 14.9. The van der Waals surface area contributed by atoms with Crippen LogP contribution in [0.1, 0.15) is 0 Å². The van der Waals surface area contributed by atoms with Gasteiger partial charge in [0.2, 0.25) is 0 Å². The molecular formula is C21H24N6OS. The number of benzene rings is 2. The highest BCUT2D eigenvalue weighted by molar-refractivity contribution is 7.83. The molecule has 0 saturated carbocycles. The Morgan fingerprint density at radius 2 is 1.72 bits per heavy atom. The highest BCUT2D eigenvalue weighted by Crippen LogP contribution is 2.30. The van der Waals surface area contributed by atoms with Crippen LogP contribution in [-0.2, 0) is 11.0 Å². The standard InChI is InChI=1S/C21H24N6OS/c22-16-4-6-17(7-5-16)29(28)27-11-8-18-19(2-1-3-20(18)27)25-12-14-26(15-13-25)21-23-9-10-24-21/h1-8,11H,9-10,12-15,22H2,(H,23,24). The number of nitrogens with one attached hydrogen (secondary N) is 1. The lowest BCUT2D eigenvalue weighted by Crippen LogP contribution is -2.51. The van der Waals surface area contributed by atoms with Crippen molar-refractivity contribution in [3.05, 3.63) is 54.7 Å². The van der Waals surface area contributed by atoms with Crippen molar-refractivity contribution in [3.63, 3.8) is 0 Å². The molecular weight excluding hydrogens is 384 g/mol. The number of nitrogens with zero attached hydrogens (tertiary/aromatic N) is 4. The van der Waals surface area contributed by atoms with Crippen molar-refractivity contribution >= 4 is 39.2 Å². The SMILES string of the molecule is Nc1ccc(S(=O)n2ccc3c(N4CCN(C5=NCCN5)CC4)cccc32)cc1. The second kappa shape index (κ2) is 7.44. The van der Waals surface area contributed by atoms with Crippen LogP contribution in [0.5, 0.6) is 0 Å². The van der Waals surface area contributed by atoms with Gasteiger partial charge in [0, 0.05) is 55.7 Å². The number of aliphatic imine (C=N–C) groups is 1. The number of rotatable bonds is 3. The molecule has 3 N–H and O–H groups in total. The molecule has 0 amide bonds. The first-order valence-electron chi connectivity index (χ1n) is 9.87. The van der Waals surface area contributed by atoms with Crippen LogP contribution in [0.3, 0.4) is 0 Å². The maximum atomic E-state index is 13.1. The van der Waals surface area contributed by atoms with Gasteiger partial charge in [-0.1, -0.05) is 6.07 Å². The third kappa shape index (κ3) is 3.33. The second-order valence-electron chi connectivity index (χ2n) is 7.28. The van der Waals surface area contributed by atoms with Crippen LogP contribution >= 0.6 is 0 Å². The van der Waals surface area contributed by atoms with E-state index >= 15 is 0 Å². The van der Waals surface area contributed by atoms with Crippen molar-refractivity contribution in [1.29, 1.82) is 0 Å². The first kappa shape index (κ1) is 18.1. The van der Waals surface area contributed by atoms with E-state index in [1.807, 2.05) is 34.4 Å². The maximum absolute atomic E-state index is 13.1. The molecule has 29 heavy (non-hydrogen) atoms. The molecule has 1 saturated heterocycles. The Morgan fingerprint density at radius 3 is 2.45 bits per heavy atom. The fourth-order valence-electron chi connectivity index (χ4n) is 4.00. The normalized spacial score (nSPS) is 18.0. The Balaban J connectivity index is 1.40. The second-order valence-corrected chi connectivity index (χ2v) is 8.64. The van der Waals surface area contributed by atoms with E-state index in [0.29, 0.717) is 5.69 Å². The van der Waals surface area contributed by atoms with Crippen molar-refractivity contribution in [1.82, 2.24) is 14.2 Å². The summed E-state index contributed by atoms with van der Waals surface area (Å²) in [6.45, 7) is 5.57. The van der Waals surface area contributed by atoms with Crippen molar-refractivity contribution < 1.29 is 4.21 Å². The van der Waals surface area contributed by atoms with Gasteiger partial charge in [0.05, 0.1) is 17.0 Å². The number of nitrogen functional groups attached to an aromatic ring is 1. The molecule has 1 fully saturated rings. The number of guanidine groups is 1. The monoisotopic (exact) mass is 408 g/mol. The fraction of sp³-hybridized carbons (Fsp3) is 0.286. The van der Waals surface area contributed by atoms with Gasteiger partial charge in [0.25, 0.3) is 0 Å². The van der Waals surface area contributed by atoms with Crippen molar-refractivity contribution in [3.8, 4) is 0 Å². The number of anilines is 2. The fourth-order valence-corrected chi connectivity index (χ4v) is 5.11. The van der Waals surface area contributed by atoms with Crippen LogP contribution in [-0.4, -0.2) is 58.3 Å². The summed E-state index contributed by atoms with van der Waals surface area (Å²) >= 11 is 0. The van der Waals surface area contributed by atoms with Gasteiger partial charge < -0.3 is 20.9 Å². The molecule has 5 rings (SSSR count). The molecule has 2 aromatic carbocycles. The predicted molar refractivity (Wildman–Crippen MR) is 119 cm³/mol. The summed E-state index contributed by atoms with van der Waals surface area (Å²) in [5.74, 6) is 1.04. The van der Waals surface area contributed by atoms with E-state index in [1.54, 1.807) is 12.1 Å². The van der Waals surface area contributed by atoms with Crippen molar-refractivity contribution in [2.75, 3.05) is 49.9 Å². The zero-order valence-electron chi connectivity index (χ0n) is 16.1. The zero-order chi connectivity index (χ0) is 19.8. The number of aromatic nitrogens is 1. The Hall–Kier alpha value is -3.00. The highest BCUT2D eigenvalue weighted by Gasteiger charge is 2.23. The van der Waals surface area contributed by atoms with Crippen molar-refractivity contribution in [2.24, 2.45) is 4.99 Å². The first-order chi connectivity index (χ1) is 14.2. The Bertz CT molecular complexity index is 1080. The summed E-state index contributed by atoms with van der Waals surface area (Å²) in [6, 6.07) is 15.5. The average Bonchev–Trinajstić information content (AvgIpc) is 3.44. The minimum Gasteiger partial charge on any atom is -0.399 e. The van der Waals surface area contributed by atoms with Crippen LogP contribution in [0.15, 0.2) is 64.6 Å². The molecule has 0 spiro atoms. The van der Waals surface area contributed by atoms with Crippen LogP contribution < -0.4 is 16.0 Å². The molecule has 150 valence electrons. The van der Waals surface area contributed by atoms with Gasteiger partial charge in [-0.15, -0.1) is 0 Å². The number of fused-ring (bicyclic) bond motifs is 1. The van der Waals surface area contributed by atoms with E-state index in [-0.39, 0.29) is 0 Å². The van der Waals surface area contributed by atoms with Gasteiger partial charge in [-0.05, 0) is 42.5 Å². The Labute approximate surface area is 172 Å². The summed E-state index contributed by atoms with van der Waals surface area (Å²) in [6.07, 6.45) is 1.91. The lowest BCUT2D eigenvalue weighted by atomic mass is 10.2. The van der Waals surface area contributed by atoms with E-state index in [9.17, 15) is 4.21 Å². The molecule has 3 heterocycles. The molecule has 0 bridgehead atoms. The number of piperazine rings is 1. The minimum absolute atomic E-state index is 0.670. The molecule has 0 aliphatic carbocycles. The largest absolute Gasteiger partial charge is 0.399 e. The molecule has 7 nitrogen and oxygen atoms in total.